The van der Waals surface area contributed by atoms with Crippen molar-refractivity contribution in [3.8, 4) is 0 Å². The van der Waals surface area contributed by atoms with Gasteiger partial charge < -0.3 is 9.80 Å². The zero-order valence-corrected chi connectivity index (χ0v) is 15.7. The van der Waals surface area contributed by atoms with Crippen LogP contribution in [0.3, 0.4) is 0 Å². The second-order valence-corrected chi connectivity index (χ2v) is 8.10. The molecule has 0 amide bonds. The van der Waals surface area contributed by atoms with Crippen LogP contribution in [0.25, 0.3) is 10.2 Å². The Kier molecular flexibility index (Phi) is 3.66. The standard InChI is InChI=1S/C19H15Cl2N3S/c20-13-4-5-15(21)17(9-13)24-10-14-2-1-7-23(14)19(24)12-3-6-16-18(8-12)25-11-22-16/h3-6,8-11,19H,1-2,7H2. The van der Waals surface area contributed by atoms with E-state index in [0.29, 0.717) is 10.0 Å². The smallest absolute Gasteiger partial charge is 0.132 e. The maximum absolute atomic E-state index is 6.51. The molecule has 3 nitrogen and oxygen atoms in total. The third kappa shape index (κ3) is 2.51. The van der Waals surface area contributed by atoms with Gasteiger partial charge in [-0.1, -0.05) is 29.3 Å². The summed E-state index contributed by atoms with van der Waals surface area (Å²) >= 11 is 14.4. The molecule has 1 unspecified atom stereocenters. The molecule has 0 bridgehead atoms. The van der Waals surface area contributed by atoms with Crippen LogP contribution in [0.15, 0.2) is 53.8 Å². The molecule has 25 heavy (non-hydrogen) atoms. The number of rotatable bonds is 2. The number of halogens is 2. The molecular weight excluding hydrogens is 373 g/mol. The molecule has 1 saturated heterocycles. The van der Waals surface area contributed by atoms with Crippen LogP contribution in [-0.2, 0) is 0 Å². The Labute approximate surface area is 160 Å². The highest BCUT2D eigenvalue weighted by molar-refractivity contribution is 7.16. The highest BCUT2D eigenvalue weighted by Crippen LogP contribution is 2.45. The van der Waals surface area contributed by atoms with E-state index in [1.807, 2.05) is 23.7 Å². The minimum Gasteiger partial charge on any atom is -0.349 e. The predicted molar refractivity (Wildman–Crippen MR) is 105 cm³/mol. The van der Waals surface area contributed by atoms with Gasteiger partial charge in [-0.2, -0.15) is 0 Å². The molecule has 6 heteroatoms. The molecule has 1 aromatic heterocycles. The zero-order valence-electron chi connectivity index (χ0n) is 13.3. The van der Waals surface area contributed by atoms with Gasteiger partial charge in [0.05, 0.1) is 26.4 Å². The quantitative estimate of drug-likeness (QED) is 0.532. The van der Waals surface area contributed by atoms with Crippen molar-refractivity contribution >= 4 is 50.4 Å². The number of anilines is 1. The molecule has 0 aliphatic carbocycles. The van der Waals surface area contributed by atoms with E-state index >= 15 is 0 Å². The van der Waals surface area contributed by atoms with Crippen molar-refractivity contribution in [2.45, 2.75) is 19.0 Å². The Balaban J connectivity index is 1.65. The van der Waals surface area contributed by atoms with Gasteiger partial charge in [0.15, 0.2) is 0 Å². The summed E-state index contributed by atoms with van der Waals surface area (Å²) in [5.74, 6) is 0. The van der Waals surface area contributed by atoms with E-state index in [1.165, 1.54) is 22.4 Å². The maximum atomic E-state index is 6.51. The predicted octanol–water partition coefficient (Wildman–Crippen LogP) is 6.06. The molecule has 0 spiro atoms. The van der Waals surface area contributed by atoms with Crippen molar-refractivity contribution in [1.82, 2.24) is 9.88 Å². The zero-order chi connectivity index (χ0) is 17.0. The fourth-order valence-electron chi connectivity index (χ4n) is 3.77. The van der Waals surface area contributed by atoms with Gasteiger partial charge in [-0.15, -0.1) is 11.3 Å². The molecule has 0 radical (unpaired) electrons. The summed E-state index contributed by atoms with van der Waals surface area (Å²) in [6.07, 6.45) is 4.64. The summed E-state index contributed by atoms with van der Waals surface area (Å²) < 4.78 is 1.21. The van der Waals surface area contributed by atoms with Gasteiger partial charge in [-0.3, -0.25) is 0 Å². The fourth-order valence-corrected chi connectivity index (χ4v) is 4.88. The number of aromatic nitrogens is 1. The Morgan fingerprint density at radius 3 is 2.96 bits per heavy atom. The lowest BCUT2D eigenvalue weighted by Crippen LogP contribution is -2.30. The number of hydrogen-bond acceptors (Lipinski definition) is 4. The Hall–Kier alpha value is -1.75. The van der Waals surface area contributed by atoms with Gasteiger partial charge in [0, 0.05) is 23.5 Å². The van der Waals surface area contributed by atoms with Gasteiger partial charge in [0.1, 0.15) is 6.17 Å². The first-order valence-corrected chi connectivity index (χ1v) is 9.88. The first-order valence-electron chi connectivity index (χ1n) is 8.24. The molecule has 3 heterocycles. The SMILES string of the molecule is Clc1ccc(Cl)c(N2C=C3CCCN3C2c2ccc3ncsc3c2)c1. The van der Waals surface area contributed by atoms with Crippen molar-refractivity contribution in [2.75, 3.05) is 11.4 Å². The lowest BCUT2D eigenvalue weighted by atomic mass is 10.1. The van der Waals surface area contributed by atoms with E-state index in [4.69, 9.17) is 23.2 Å². The summed E-state index contributed by atoms with van der Waals surface area (Å²) in [7, 11) is 0. The molecular formula is C19H15Cl2N3S. The van der Waals surface area contributed by atoms with E-state index in [1.54, 1.807) is 11.3 Å². The first kappa shape index (κ1) is 15.5. The van der Waals surface area contributed by atoms with Gasteiger partial charge in [0.2, 0.25) is 0 Å². The third-order valence-corrected chi connectivity index (χ3v) is 6.23. The number of benzene rings is 2. The molecule has 1 atom stereocenters. The van der Waals surface area contributed by atoms with Crippen LogP contribution in [0.2, 0.25) is 10.0 Å². The van der Waals surface area contributed by atoms with Crippen LogP contribution in [0.1, 0.15) is 24.6 Å². The maximum Gasteiger partial charge on any atom is 0.132 e. The first-order chi connectivity index (χ1) is 12.2. The minimum atomic E-state index is 0.111. The summed E-state index contributed by atoms with van der Waals surface area (Å²) in [6, 6.07) is 12.2. The lowest BCUT2D eigenvalue weighted by molar-refractivity contribution is 0.319. The Morgan fingerprint density at radius 2 is 2.04 bits per heavy atom. The Bertz CT molecular complexity index is 997. The molecule has 2 aliphatic rings. The average Bonchev–Trinajstić information content (AvgIpc) is 3.30. The molecule has 5 rings (SSSR count). The lowest BCUT2D eigenvalue weighted by Gasteiger charge is -2.33. The van der Waals surface area contributed by atoms with E-state index in [2.05, 4.69) is 39.2 Å². The number of fused-ring (bicyclic) bond motifs is 2. The second-order valence-electron chi connectivity index (χ2n) is 6.37. The summed E-state index contributed by atoms with van der Waals surface area (Å²) in [5.41, 5.74) is 6.51. The normalized spacial score (nSPS) is 19.6. The van der Waals surface area contributed by atoms with Crippen molar-refractivity contribution < 1.29 is 0 Å². The number of hydrogen-bond donors (Lipinski definition) is 0. The molecule has 0 saturated carbocycles. The summed E-state index contributed by atoms with van der Waals surface area (Å²) in [5, 5.41) is 1.41. The van der Waals surface area contributed by atoms with Gasteiger partial charge in [-0.05, 0) is 48.7 Å². The fraction of sp³-hybridized carbons (Fsp3) is 0.211. The van der Waals surface area contributed by atoms with Crippen molar-refractivity contribution in [2.24, 2.45) is 0 Å². The highest BCUT2D eigenvalue weighted by atomic mass is 35.5. The van der Waals surface area contributed by atoms with E-state index in [0.717, 1.165) is 24.2 Å². The van der Waals surface area contributed by atoms with Crippen LogP contribution in [0, 0.1) is 0 Å². The topological polar surface area (TPSA) is 19.4 Å². The average molecular weight is 388 g/mol. The molecule has 2 aromatic carbocycles. The van der Waals surface area contributed by atoms with Gasteiger partial charge in [0.25, 0.3) is 0 Å². The molecule has 3 aromatic rings. The van der Waals surface area contributed by atoms with E-state index in [9.17, 15) is 0 Å². The van der Waals surface area contributed by atoms with E-state index < -0.39 is 0 Å². The van der Waals surface area contributed by atoms with E-state index in [-0.39, 0.29) is 6.17 Å². The monoisotopic (exact) mass is 387 g/mol. The summed E-state index contributed by atoms with van der Waals surface area (Å²) in [6.45, 7) is 1.06. The largest absolute Gasteiger partial charge is 0.349 e. The molecule has 2 aliphatic heterocycles. The highest BCUT2D eigenvalue weighted by Gasteiger charge is 2.37. The Morgan fingerprint density at radius 1 is 1.12 bits per heavy atom. The van der Waals surface area contributed by atoms with Crippen molar-refractivity contribution in [1.29, 1.82) is 0 Å². The van der Waals surface area contributed by atoms with Gasteiger partial charge >= 0.3 is 0 Å². The molecule has 126 valence electrons. The van der Waals surface area contributed by atoms with Crippen LogP contribution < -0.4 is 4.90 Å². The minimum absolute atomic E-state index is 0.111. The number of allylic oxidation sites excluding steroid dienone is 1. The summed E-state index contributed by atoms with van der Waals surface area (Å²) in [4.78, 5) is 9.12. The van der Waals surface area contributed by atoms with Gasteiger partial charge in [-0.25, -0.2) is 4.98 Å². The molecule has 1 fully saturated rings. The second kappa shape index (κ2) is 5.90. The molecule has 0 N–H and O–H groups in total. The van der Waals surface area contributed by atoms with Crippen LogP contribution in [0.4, 0.5) is 5.69 Å². The van der Waals surface area contributed by atoms with Crippen molar-refractivity contribution in [3.05, 3.63) is 69.4 Å². The number of thiazole rings is 1. The van der Waals surface area contributed by atoms with Crippen LogP contribution in [-0.4, -0.2) is 16.4 Å². The third-order valence-electron chi connectivity index (χ3n) is 4.89. The van der Waals surface area contributed by atoms with Crippen LogP contribution >= 0.6 is 34.5 Å². The van der Waals surface area contributed by atoms with Crippen molar-refractivity contribution in [3.63, 3.8) is 0 Å². The van der Waals surface area contributed by atoms with Crippen LogP contribution in [0.5, 0.6) is 0 Å². The number of nitrogens with zero attached hydrogens (tertiary/aromatic N) is 3.